The minimum atomic E-state index is -3.54. The number of aliphatic imine (C=N–C) groups is 1. The van der Waals surface area contributed by atoms with Crippen molar-refractivity contribution in [3.8, 4) is 0 Å². The minimum absolute atomic E-state index is 0.152. The lowest BCUT2D eigenvalue weighted by Gasteiger charge is -2.12. The molecule has 8 nitrogen and oxygen atoms in total. The molecule has 0 radical (unpaired) electrons. The summed E-state index contributed by atoms with van der Waals surface area (Å²) in [5.41, 5.74) is 1.11. The smallest absolute Gasteiger partial charge is 0.242 e. The molecule has 0 atom stereocenters. The van der Waals surface area contributed by atoms with Crippen molar-refractivity contribution in [1.29, 1.82) is 0 Å². The van der Waals surface area contributed by atoms with E-state index in [2.05, 4.69) is 25.3 Å². The van der Waals surface area contributed by atoms with Crippen LogP contribution >= 0.6 is 0 Å². The van der Waals surface area contributed by atoms with Crippen LogP contribution in [-0.2, 0) is 23.6 Å². The third-order valence-corrected chi connectivity index (χ3v) is 4.76. The van der Waals surface area contributed by atoms with Crippen LogP contribution in [0.25, 0.3) is 0 Å². The van der Waals surface area contributed by atoms with Gasteiger partial charge >= 0.3 is 0 Å². The molecule has 25 heavy (non-hydrogen) atoms. The molecule has 0 amide bonds. The average Bonchev–Trinajstić information content (AvgIpc) is 3.02. The Balaban J connectivity index is 1.83. The minimum Gasteiger partial charge on any atom is -0.357 e. The maximum absolute atomic E-state index is 12.1. The normalized spacial score (nSPS) is 12.2. The summed E-state index contributed by atoms with van der Waals surface area (Å²) in [4.78, 5) is 8.46. The number of guanidine groups is 1. The highest BCUT2D eigenvalue weighted by Gasteiger charge is 2.12. The number of rotatable bonds is 8. The number of pyridine rings is 1. The summed E-state index contributed by atoms with van der Waals surface area (Å²) in [6.45, 7) is 3.91. The lowest BCUT2D eigenvalue weighted by Crippen LogP contribution is -2.41. The number of hydrogen-bond acceptors (Lipinski definition) is 4. The zero-order chi connectivity index (χ0) is 18.1. The van der Waals surface area contributed by atoms with Gasteiger partial charge in [-0.15, -0.1) is 0 Å². The van der Waals surface area contributed by atoms with Crippen molar-refractivity contribution in [3.63, 3.8) is 0 Å². The monoisotopic (exact) mass is 364 g/mol. The highest BCUT2D eigenvalue weighted by molar-refractivity contribution is 7.89. The number of hydrogen-bond donors (Lipinski definition) is 3. The molecule has 0 spiro atoms. The van der Waals surface area contributed by atoms with Crippen LogP contribution in [0.4, 0.5) is 0 Å². The molecule has 2 heterocycles. The molecule has 2 aromatic rings. The van der Waals surface area contributed by atoms with Crippen molar-refractivity contribution >= 4 is 16.0 Å². The van der Waals surface area contributed by atoms with Crippen molar-refractivity contribution < 1.29 is 8.42 Å². The molecule has 2 rings (SSSR count). The maximum Gasteiger partial charge on any atom is 0.242 e. The first kappa shape index (κ1) is 18.9. The topological polar surface area (TPSA) is 100 Å². The highest BCUT2D eigenvalue weighted by Crippen LogP contribution is 2.04. The highest BCUT2D eigenvalue weighted by atomic mass is 32.2. The molecule has 9 heteroatoms. The molecule has 3 N–H and O–H groups in total. The molecule has 136 valence electrons. The van der Waals surface area contributed by atoms with Crippen LogP contribution in [0.1, 0.15) is 12.5 Å². The first-order valence-electron chi connectivity index (χ1n) is 8.04. The van der Waals surface area contributed by atoms with Crippen molar-refractivity contribution in [2.75, 3.05) is 19.6 Å². The maximum atomic E-state index is 12.1. The van der Waals surface area contributed by atoms with Gasteiger partial charge in [0.2, 0.25) is 10.0 Å². The predicted octanol–water partition coefficient (Wildman–Crippen LogP) is 0.454. The lowest BCUT2D eigenvalue weighted by molar-refractivity contribution is 0.580. The average molecular weight is 364 g/mol. The summed E-state index contributed by atoms with van der Waals surface area (Å²) in [7, 11) is -1.58. The Morgan fingerprint density at radius 1 is 1.28 bits per heavy atom. The molecule has 0 saturated carbocycles. The van der Waals surface area contributed by atoms with Gasteiger partial charge in [0.05, 0.1) is 6.54 Å². The SMILES string of the molecule is CCNC(=NCc1ccn(C)c1)NCCNS(=O)(=O)c1cccnc1. The van der Waals surface area contributed by atoms with E-state index in [0.29, 0.717) is 19.0 Å². The molecular weight excluding hydrogens is 340 g/mol. The Morgan fingerprint density at radius 2 is 2.12 bits per heavy atom. The second-order valence-electron chi connectivity index (χ2n) is 5.39. The molecule has 0 aliphatic rings. The van der Waals surface area contributed by atoms with Gasteiger partial charge in [-0.2, -0.15) is 0 Å². The van der Waals surface area contributed by atoms with Gasteiger partial charge < -0.3 is 15.2 Å². The number of nitrogens with one attached hydrogen (secondary N) is 3. The lowest BCUT2D eigenvalue weighted by atomic mass is 10.3. The summed E-state index contributed by atoms with van der Waals surface area (Å²) in [5.74, 6) is 0.645. The summed E-state index contributed by atoms with van der Waals surface area (Å²) in [6.07, 6.45) is 6.83. The molecule has 0 fully saturated rings. The number of aryl methyl sites for hydroxylation is 1. The number of nitrogens with zero attached hydrogens (tertiary/aromatic N) is 3. The fourth-order valence-corrected chi connectivity index (χ4v) is 3.12. The van der Waals surface area contributed by atoms with Gasteiger partial charge in [-0.3, -0.25) is 4.98 Å². The van der Waals surface area contributed by atoms with E-state index in [1.54, 1.807) is 6.07 Å². The third-order valence-electron chi connectivity index (χ3n) is 3.31. The second-order valence-corrected chi connectivity index (χ2v) is 7.16. The molecule has 0 aromatic carbocycles. The third kappa shape index (κ3) is 6.20. The summed E-state index contributed by atoms with van der Waals surface area (Å²) < 4.78 is 28.7. The van der Waals surface area contributed by atoms with Crippen LogP contribution < -0.4 is 15.4 Å². The standard InChI is InChI=1S/C16H24N6O2S/c1-3-18-16(20-11-14-6-10-22(2)13-14)19-8-9-21-25(23,24)15-5-4-7-17-12-15/h4-7,10,12-13,21H,3,8-9,11H2,1-2H3,(H2,18,19,20). The fourth-order valence-electron chi connectivity index (χ4n) is 2.12. The van der Waals surface area contributed by atoms with Gasteiger partial charge in [0, 0.05) is 51.5 Å². The van der Waals surface area contributed by atoms with E-state index in [1.807, 2.05) is 37.0 Å². The Kier molecular flexibility index (Phi) is 6.96. The Labute approximate surface area is 148 Å². The van der Waals surface area contributed by atoms with E-state index >= 15 is 0 Å². The first-order chi connectivity index (χ1) is 12.0. The van der Waals surface area contributed by atoms with Crippen LogP contribution in [0, 0.1) is 0 Å². The number of sulfonamides is 1. The molecule has 2 aromatic heterocycles. The summed E-state index contributed by atoms with van der Waals surface area (Å²) in [5, 5.41) is 6.25. The molecule has 0 aliphatic carbocycles. The van der Waals surface area contributed by atoms with Crippen LogP contribution in [0.15, 0.2) is 52.9 Å². The van der Waals surface area contributed by atoms with E-state index in [4.69, 9.17) is 0 Å². The van der Waals surface area contributed by atoms with Crippen LogP contribution in [0.5, 0.6) is 0 Å². The molecule has 0 bridgehead atoms. The van der Waals surface area contributed by atoms with Crippen molar-refractivity contribution in [2.45, 2.75) is 18.4 Å². The van der Waals surface area contributed by atoms with Crippen LogP contribution in [-0.4, -0.2) is 43.6 Å². The van der Waals surface area contributed by atoms with Crippen LogP contribution in [0.3, 0.4) is 0 Å². The first-order valence-corrected chi connectivity index (χ1v) is 9.52. The van der Waals surface area contributed by atoms with Crippen molar-refractivity contribution in [2.24, 2.45) is 12.0 Å². The van der Waals surface area contributed by atoms with Gasteiger partial charge in [-0.1, -0.05) is 0 Å². The van der Waals surface area contributed by atoms with Gasteiger partial charge in [0.1, 0.15) is 4.90 Å². The van der Waals surface area contributed by atoms with Crippen molar-refractivity contribution in [1.82, 2.24) is 24.9 Å². The Hall–Kier alpha value is -2.39. The van der Waals surface area contributed by atoms with E-state index in [0.717, 1.165) is 12.1 Å². The van der Waals surface area contributed by atoms with Crippen molar-refractivity contribution in [3.05, 3.63) is 48.5 Å². The van der Waals surface area contributed by atoms with E-state index in [1.165, 1.54) is 18.5 Å². The van der Waals surface area contributed by atoms with E-state index < -0.39 is 10.0 Å². The van der Waals surface area contributed by atoms with Gasteiger partial charge in [0.15, 0.2) is 5.96 Å². The van der Waals surface area contributed by atoms with Gasteiger partial charge in [-0.05, 0) is 30.7 Å². The molecular formula is C16H24N6O2S. The number of aromatic nitrogens is 2. The summed E-state index contributed by atoms with van der Waals surface area (Å²) >= 11 is 0. The quantitative estimate of drug-likeness (QED) is 0.359. The largest absolute Gasteiger partial charge is 0.357 e. The second kappa shape index (κ2) is 9.19. The van der Waals surface area contributed by atoms with E-state index in [9.17, 15) is 8.42 Å². The van der Waals surface area contributed by atoms with Gasteiger partial charge in [0.25, 0.3) is 0 Å². The zero-order valence-electron chi connectivity index (χ0n) is 14.4. The van der Waals surface area contributed by atoms with Crippen LogP contribution in [0.2, 0.25) is 0 Å². The molecule has 0 aliphatic heterocycles. The van der Waals surface area contributed by atoms with E-state index in [-0.39, 0.29) is 11.4 Å². The predicted molar refractivity (Wildman–Crippen MR) is 97.7 cm³/mol. The Bertz CT molecular complexity index is 786. The fraction of sp³-hybridized carbons (Fsp3) is 0.375. The summed E-state index contributed by atoms with van der Waals surface area (Å²) in [6, 6.07) is 5.11. The molecule has 0 unspecified atom stereocenters. The molecule has 0 saturated heterocycles. The van der Waals surface area contributed by atoms with Gasteiger partial charge in [-0.25, -0.2) is 18.1 Å². The Morgan fingerprint density at radius 3 is 2.76 bits per heavy atom. The zero-order valence-corrected chi connectivity index (χ0v) is 15.3.